The Morgan fingerprint density at radius 2 is 2.41 bits per heavy atom. The third-order valence-electron chi connectivity index (χ3n) is 3.36. The summed E-state index contributed by atoms with van der Waals surface area (Å²) in [5.74, 6) is 0.400. The minimum atomic E-state index is 0.134. The van der Waals surface area contributed by atoms with Gasteiger partial charge in [0.05, 0.1) is 22.8 Å². The summed E-state index contributed by atoms with van der Waals surface area (Å²) in [6, 6.07) is 0. The van der Waals surface area contributed by atoms with E-state index in [1.165, 1.54) is 0 Å². The van der Waals surface area contributed by atoms with E-state index < -0.39 is 0 Å². The van der Waals surface area contributed by atoms with Crippen molar-refractivity contribution in [3.05, 3.63) is 16.4 Å². The summed E-state index contributed by atoms with van der Waals surface area (Å²) >= 11 is 6.15. The molecule has 0 aliphatic carbocycles. The van der Waals surface area contributed by atoms with E-state index in [9.17, 15) is 4.79 Å². The molecule has 0 saturated carbocycles. The Morgan fingerprint density at radius 3 is 2.94 bits per heavy atom. The normalized spacial score (nSPS) is 20.5. The molecule has 1 aromatic heterocycles. The lowest BCUT2D eigenvalue weighted by Gasteiger charge is -2.21. The maximum absolute atomic E-state index is 12.1. The van der Waals surface area contributed by atoms with Gasteiger partial charge in [0.1, 0.15) is 5.78 Å². The van der Waals surface area contributed by atoms with Crippen LogP contribution in [0.5, 0.6) is 0 Å². The van der Waals surface area contributed by atoms with Gasteiger partial charge in [-0.1, -0.05) is 11.6 Å². The molecule has 1 fully saturated rings. The molecule has 0 amide bonds. The number of aromatic nitrogens is 2. The van der Waals surface area contributed by atoms with E-state index in [0.29, 0.717) is 11.4 Å². The van der Waals surface area contributed by atoms with Gasteiger partial charge in [-0.2, -0.15) is 5.10 Å². The predicted molar refractivity (Wildman–Crippen MR) is 67.3 cm³/mol. The molecule has 1 atom stereocenters. The number of carbonyl (C=O) groups is 1. The standard InChI is InChI=1S/C12H18ClN3O/c1-8-12(13)10(16(2)15-8)6-11(17)9-4-3-5-14-7-9/h9,14H,3-7H2,1-2H3. The quantitative estimate of drug-likeness (QED) is 0.890. The van der Waals surface area contributed by atoms with Crippen LogP contribution in [-0.2, 0) is 18.3 Å². The third-order valence-corrected chi connectivity index (χ3v) is 3.85. The fourth-order valence-electron chi connectivity index (χ4n) is 2.31. The number of piperidine rings is 1. The Kier molecular flexibility index (Phi) is 3.84. The number of halogens is 1. The van der Waals surface area contributed by atoms with Crippen molar-refractivity contribution < 1.29 is 4.79 Å². The Labute approximate surface area is 106 Å². The molecule has 1 saturated heterocycles. The second kappa shape index (κ2) is 5.19. The summed E-state index contributed by atoms with van der Waals surface area (Å²) in [5.41, 5.74) is 1.62. The first-order valence-corrected chi connectivity index (χ1v) is 6.38. The van der Waals surface area contributed by atoms with Crippen LogP contribution >= 0.6 is 11.6 Å². The van der Waals surface area contributed by atoms with Crippen LogP contribution in [0.3, 0.4) is 0 Å². The van der Waals surface area contributed by atoms with Crippen molar-refractivity contribution in [3.63, 3.8) is 0 Å². The zero-order chi connectivity index (χ0) is 12.4. The number of rotatable bonds is 3. The number of hydrogen-bond acceptors (Lipinski definition) is 3. The smallest absolute Gasteiger partial charge is 0.143 e. The average molecular weight is 256 g/mol. The highest BCUT2D eigenvalue weighted by Crippen LogP contribution is 2.22. The summed E-state index contributed by atoms with van der Waals surface area (Å²) in [6.07, 6.45) is 2.46. The summed E-state index contributed by atoms with van der Waals surface area (Å²) < 4.78 is 1.71. The Morgan fingerprint density at radius 1 is 1.65 bits per heavy atom. The second-order valence-electron chi connectivity index (χ2n) is 4.66. The lowest BCUT2D eigenvalue weighted by atomic mass is 9.92. The van der Waals surface area contributed by atoms with Crippen molar-refractivity contribution in [2.75, 3.05) is 13.1 Å². The molecule has 2 heterocycles. The minimum absolute atomic E-state index is 0.134. The summed E-state index contributed by atoms with van der Waals surface area (Å²) in [5, 5.41) is 8.11. The number of carbonyl (C=O) groups excluding carboxylic acids is 1. The lowest BCUT2D eigenvalue weighted by Crippen LogP contribution is -2.35. The monoisotopic (exact) mass is 255 g/mol. The molecule has 17 heavy (non-hydrogen) atoms. The van der Waals surface area contributed by atoms with Gasteiger partial charge in [0.15, 0.2) is 0 Å². The number of Topliss-reactive ketones (excluding diaryl/α,β-unsaturated/α-hetero) is 1. The first-order chi connectivity index (χ1) is 8.09. The molecule has 0 aromatic carbocycles. The van der Waals surface area contributed by atoms with E-state index in [0.717, 1.165) is 37.3 Å². The molecule has 1 aliphatic heterocycles. The van der Waals surface area contributed by atoms with Gasteiger partial charge in [-0.05, 0) is 26.3 Å². The van der Waals surface area contributed by atoms with E-state index in [1.807, 2.05) is 14.0 Å². The molecule has 94 valence electrons. The van der Waals surface area contributed by atoms with Gasteiger partial charge in [-0.25, -0.2) is 0 Å². The molecule has 1 N–H and O–H groups in total. The molecule has 0 radical (unpaired) electrons. The molecule has 5 heteroatoms. The predicted octanol–water partition coefficient (Wildman–Crippen LogP) is 1.49. The van der Waals surface area contributed by atoms with Gasteiger partial charge in [0.2, 0.25) is 0 Å². The molecular weight excluding hydrogens is 238 g/mol. The fraction of sp³-hybridized carbons (Fsp3) is 0.667. The average Bonchev–Trinajstić information content (AvgIpc) is 2.57. The first-order valence-electron chi connectivity index (χ1n) is 6.01. The number of aryl methyl sites for hydroxylation is 2. The topological polar surface area (TPSA) is 46.9 Å². The van der Waals surface area contributed by atoms with Crippen LogP contribution in [0, 0.1) is 12.8 Å². The molecular formula is C12H18ClN3O. The zero-order valence-corrected chi connectivity index (χ0v) is 11.0. The van der Waals surface area contributed by atoms with E-state index in [1.54, 1.807) is 4.68 Å². The maximum atomic E-state index is 12.1. The number of ketones is 1. The minimum Gasteiger partial charge on any atom is -0.316 e. The summed E-state index contributed by atoms with van der Waals surface area (Å²) in [4.78, 5) is 12.1. The van der Waals surface area contributed by atoms with Crippen LogP contribution in [0.4, 0.5) is 0 Å². The highest BCUT2D eigenvalue weighted by molar-refractivity contribution is 6.32. The van der Waals surface area contributed by atoms with Crippen LogP contribution in [0.2, 0.25) is 5.02 Å². The van der Waals surface area contributed by atoms with Crippen LogP contribution in [0.15, 0.2) is 0 Å². The van der Waals surface area contributed by atoms with Crippen molar-refractivity contribution in [3.8, 4) is 0 Å². The van der Waals surface area contributed by atoms with E-state index >= 15 is 0 Å². The molecule has 4 nitrogen and oxygen atoms in total. The van der Waals surface area contributed by atoms with Crippen LogP contribution < -0.4 is 5.32 Å². The summed E-state index contributed by atoms with van der Waals surface area (Å²) in [6.45, 7) is 3.68. The molecule has 0 bridgehead atoms. The highest BCUT2D eigenvalue weighted by atomic mass is 35.5. The maximum Gasteiger partial charge on any atom is 0.143 e. The molecule has 1 aromatic rings. The Bertz CT molecular complexity index is 422. The Balaban J connectivity index is 2.07. The van der Waals surface area contributed by atoms with Crippen LogP contribution in [-0.4, -0.2) is 28.7 Å². The van der Waals surface area contributed by atoms with Gasteiger partial charge < -0.3 is 5.32 Å². The van der Waals surface area contributed by atoms with E-state index in [4.69, 9.17) is 11.6 Å². The number of hydrogen-bond donors (Lipinski definition) is 1. The van der Waals surface area contributed by atoms with Crippen molar-refractivity contribution in [2.24, 2.45) is 13.0 Å². The van der Waals surface area contributed by atoms with Gasteiger partial charge in [-0.15, -0.1) is 0 Å². The van der Waals surface area contributed by atoms with Gasteiger partial charge >= 0.3 is 0 Å². The SMILES string of the molecule is Cc1nn(C)c(CC(=O)C2CCCNC2)c1Cl. The van der Waals surface area contributed by atoms with Crippen LogP contribution in [0.1, 0.15) is 24.2 Å². The number of nitrogens with zero attached hydrogens (tertiary/aromatic N) is 2. The molecule has 2 rings (SSSR count). The molecule has 1 unspecified atom stereocenters. The highest BCUT2D eigenvalue weighted by Gasteiger charge is 2.23. The van der Waals surface area contributed by atoms with Crippen molar-refractivity contribution in [1.82, 2.24) is 15.1 Å². The summed E-state index contributed by atoms with van der Waals surface area (Å²) in [7, 11) is 1.83. The van der Waals surface area contributed by atoms with Crippen molar-refractivity contribution >= 4 is 17.4 Å². The van der Waals surface area contributed by atoms with E-state index in [2.05, 4.69) is 10.4 Å². The van der Waals surface area contributed by atoms with Crippen LogP contribution in [0.25, 0.3) is 0 Å². The first kappa shape index (κ1) is 12.6. The van der Waals surface area contributed by atoms with Gasteiger partial charge in [0, 0.05) is 19.5 Å². The number of nitrogens with one attached hydrogen (secondary N) is 1. The molecule has 0 spiro atoms. The van der Waals surface area contributed by atoms with Gasteiger partial charge in [0.25, 0.3) is 0 Å². The molecule has 1 aliphatic rings. The lowest BCUT2D eigenvalue weighted by molar-refractivity contribution is -0.122. The fourth-order valence-corrected chi connectivity index (χ4v) is 2.54. The third kappa shape index (κ3) is 2.69. The zero-order valence-electron chi connectivity index (χ0n) is 10.3. The largest absolute Gasteiger partial charge is 0.316 e. The Hall–Kier alpha value is -0.870. The van der Waals surface area contributed by atoms with Crippen molar-refractivity contribution in [1.29, 1.82) is 0 Å². The van der Waals surface area contributed by atoms with Gasteiger partial charge in [-0.3, -0.25) is 9.48 Å². The van der Waals surface area contributed by atoms with E-state index in [-0.39, 0.29) is 11.7 Å². The van der Waals surface area contributed by atoms with Crippen molar-refractivity contribution in [2.45, 2.75) is 26.2 Å². The second-order valence-corrected chi connectivity index (χ2v) is 5.03.